The molecule has 0 aliphatic carbocycles. The summed E-state index contributed by atoms with van der Waals surface area (Å²) in [6, 6.07) is 0. The molecule has 0 spiro atoms. The Morgan fingerprint density at radius 3 is 2.94 bits per heavy atom. The van der Waals surface area contributed by atoms with Gasteiger partial charge in [-0.25, -0.2) is 9.97 Å². The lowest BCUT2D eigenvalue weighted by molar-refractivity contribution is 0.0955. The van der Waals surface area contributed by atoms with Crippen LogP contribution in [0.25, 0.3) is 0 Å². The van der Waals surface area contributed by atoms with Gasteiger partial charge in [-0.1, -0.05) is 18.3 Å². The summed E-state index contributed by atoms with van der Waals surface area (Å²) in [5, 5.41) is 6.32. The molecule has 2 rings (SSSR count). The van der Waals surface area contributed by atoms with Crippen molar-refractivity contribution >= 4 is 33.7 Å². The molecule has 2 aromatic heterocycles. The molecular weight excluding hydrogens is 268 g/mol. The molecular formula is C11H14N4OS2. The summed E-state index contributed by atoms with van der Waals surface area (Å²) in [5.74, 6) is 0.0715. The molecule has 2 aromatic rings. The van der Waals surface area contributed by atoms with E-state index in [1.165, 1.54) is 17.5 Å². The molecule has 0 aromatic carbocycles. The number of hydrogen-bond acceptors (Lipinski definition) is 6. The normalized spacial score (nSPS) is 12.3. The first-order chi connectivity index (χ1) is 8.56. The fraction of sp³-hybridized carbons (Fsp3) is 0.364. The minimum atomic E-state index is -0.135. The SMILES string of the molecule is Cc1csc([C@@H](C)CNC(=O)c2cnc(N)s2)n1. The van der Waals surface area contributed by atoms with Gasteiger partial charge in [0.05, 0.1) is 11.2 Å². The second-order valence-electron chi connectivity index (χ2n) is 4.00. The number of nitrogens with one attached hydrogen (secondary N) is 1. The third-order valence-corrected chi connectivity index (χ3v) is 4.39. The molecule has 0 saturated carbocycles. The van der Waals surface area contributed by atoms with Crippen LogP contribution >= 0.6 is 22.7 Å². The molecule has 0 fully saturated rings. The lowest BCUT2D eigenvalue weighted by Crippen LogP contribution is -2.26. The van der Waals surface area contributed by atoms with Crippen molar-refractivity contribution in [1.82, 2.24) is 15.3 Å². The predicted octanol–water partition coefficient (Wildman–Crippen LogP) is 2.02. The van der Waals surface area contributed by atoms with Crippen LogP contribution in [0.4, 0.5) is 5.13 Å². The maximum absolute atomic E-state index is 11.8. The van der Waals surface area contributed by atoms with Crippen LogP contribution in [0.1, 0.15) is 33.2 Å². The molecule has 5 nitrogen and oxygen atoms in total. The number of nitrogens with zero attached hydrogens (tertiary/aromatic N) is 2. The van der Waals surface area contributed by atoms with Crippen LogP contribution in [0.3, 0.4) is 0 Å². The summed E-state index contributed by atoms with van der Waals surface area (Å²) in [6.45, 7) is 4.56. The van der Waals surface area contributed by atoms with E-state index in [2.05, 4.69) is 15.3 Å². The first-order valence-electron chi connectivity index (χ1n) is 5.48. The number of carbonyl (C=O) groups is 1. The van der Waals surface area contributed by atoms with Crippen LogP contribution in [-0.2, 0) is 0 Å². The van der Waals surface area contributed by atoms with Gasteiger partial charge in [0.2, 0.25) is 0 Å². The van der Waals surface area contributed by atoms with Crippen LogP contribution in [-0.4, -0.2) is 22.4 Å². The second kappa shape index (κ2) is 5.45. The van der Waals surface area contributed by atoms with Crippen molar-refractivity contribution < 1.29 is 4.79 Å². The third-order valence-electron chi connectivity index (χ3n) is 2.37. The Morgan fingerprint density at radius 1 is 1.61 bits per heavy atom. The van der Waals surface area contributed by atoms with E-state index < -0.39 is 0 Å². The zero-order valence-electron chi connectivity index (χ0n) is 10.1. The number of thiazole rings is 2. The van der Waals surface area contributed by atoms with E-state index in [-0.39, 0.29) is 11.8 Å². The first-order valence-corrected chi connectivity index (χ1v) is 7.17. The van der Waals surface area contributed by atoms with Crippen molar-refractivity contribution in [2.45, 2.75) is 19.8 Å². The number of nitrogens with two attached hydrogens (primary N) is 1. The fourth-order valence-electron chi connectivity index (χ4n) is 1.41. The number of amides is 1. The Bertz CT molecular complexity index is 549. The minimum absolute atomic E-state index is 0.135. The number of aryl methyl sites for hydroxylation is 1. The van der Waals surface area contributed by atoms with Gasteiger partial charge in [0, 0.05) is 23.5 Å². The molecule has 1 atom stereocenters. The van der Waals surface area contributed by atoms with Gasteiger partial charge in [-0.3, -0.25) is 4.79 Å². The zero-order chi connectivity index (χ0) is 13.1. The average Bonchev–Trinajstić information content (AvgIpc) is 2.94. The van der Waals surface area contributed by atoms with Gasteiger partial charge in [-0.15, -0.1) is 11.3 Å². The molecule has 7 heteroatoms. The van der Waals surface area contributed by atoms with Gasteiger partial charge >= 0.3 is 0 Å². The van der Waals surface area contributed by atoms with Gasteiger partial charge in [-0.2, -0.15) is 0 Å². The van der Waals surface area contributed by atoms with E-state index in [0.717, 1.165) is 10.7 Å². The first kappa shape index (κ1) is 13.0. The lowest BCUT2D eigenvalue weighted by Gasteiger charge is -2.08. The van der Waals surface area contributed by atoms with Crippen molar-refractivity contribution in [2.24, 2.45) is 0 Å². The Morgan fingerprint density at radius 2 is 2.39 bits per heavy atom. The third kappa shape index (κ3) is 3.05. The standard InChI is InChI=1S/C11H14N4OS2/c1-6(10-15-7(2)5-17-10)3-13-9(16)8-4-14-11(12)18-8/h4-6H,3H2,1-2H3,(H2,12,14)(H,13,16)/t6-/m0/s1. The lowest BCUT2D eigenvalue weighted by atomic mass is 10.2. The Labute approximate surface area is 113 Å². The van der Waals surface area contributed by atoms with Crippen molar-refractivity contribution in [1.29, 1.82) is 0 Å². The fourth-order valence-corrected chi connectivity index (χ4v) is 2.87. The largest absolute Gasteiger partial charge is 0.375 e. The van der Waals surface area contributed by atoms with Gasteiger partial charge in [0.15, 0.2) is 5.13 Å². The van der Waals surface area contributed by atoms with E-state index in [4.69, 9.17) is 5.73 Å². The smallest absolute Gasteiger partial charge is 0.263 e. The van der Waals surface area contributed by atoms with Crippen LogP contribution in [0, 0.1) is 6.92 Å². The highest BCUT2D eigenvalue weighted by Crippen LogP contribution is 2.19. The highest BCUT2D eigenvalue weighted by Gasteiger charge is 2.13. The van der Waals surface area contributed by atoms with Gasteiger partial charge < -0.3 is 11.1 Å². The maximum Gasteiger partial charge on any atom is 0.263 e. The van der Waals surface area contributed by atoms with Gasteiger partial charge in [0.1, 0.15) is 4.88 Å². The van der Waals surface area contributed by atoms with Crippen molar-refractivity contribution in [2.75, 3.05) is 12.3 Å². The van der Waals surface area contributed by atoms with E-state index in [1.807, 2.05) is 19.2 Å². The topological polar surface area (TPSA) is 80.9 Å². The summed E-state index contributed by atoms with van der Waals surface area (Å²) >= 11 is 2.81. The molecule has 1 amide bonds. The maximum atomic E-state index is 11.8. The van der Waals surface area contributed by atoms with E-state index >= 15 is 0 Å². The molecule has 0 aliphatic heterocycles. The van der Waals surface area contributed by atoms with Crippen LogP contribution < -0.4 is 11.1 Å². The Kier molecular flexibility index (Phi) is 3.93. The number of nitrogen functional groups attached to an aromatic ring is 1. The summed E-state index contributed by atoms with van der Waals surface area (Å²) in [4.78, 5) is 20.6. The summed E-state index contributed by atoms with van der Waals surface area (Å²) in [7, 11) is 0. The molecule has 0 unspecified atom stereocenters. The highest BCUT2D eigenvalue weighted by atomic mass is 32.1. The molecule has 0 saturated heterocycles. The van der Waals surface area contributed by atoms with E-state index in [0.29, 0.717) is 16.6 Å². The zero-order valence-corrected chi connectivity index (χ0v) is 11.8. The van der Waals surface area contributed by atoms with Crippen molar-refractivity contribution in [3.8, 4) is 0 Å². The van der Waals surface area contributed by atoms with Crippen LogP contribution in [0.5, 0.6) is 0 Å². The van der Waals surface area contributed by atoms with Crippen molar-refractivity contribution in [3.63, 3.8) is 0 Å². The number of aromatic nitrogens is 2. The monoisotopic (exact) mass is 282 g/mol. The molecule has 0 bridgehead atoms. The van der Waals surface area contributed by atoms with Crippen LogP contribution in [0.15, 0.2) is 11.6 Å². The number of rotatable bonds is 4. The van der Waals surface area contributed by atoms with Gasteiger partial charge in [-0.05, 0) is 6.92 Å². The van der Waals surface area contributed by atoms with E-state index in [9.17, 15) is 4.79 Å². The van der Waals surface area contributed by atoms with Crippen molar-refractivity contribution in [3.05, 3.63) is 27.2 Å². The molecule has 96 valence electrons. The number of carbonyl (C=O) groups excluding carboxylic acids is 1. The highest BCUT2D eigenvalue weighted by molar-refractivity contribution is 7.17. The Hall–Kier alpha value is -1.47. The predicted molar refractivity (Wildman–Crippen MR) is 74.1 cm³/mol. The quantitative estimate of drug-likeness (QED) is 0.899. The molecule has 0 radical (unpaired) electrons. The molecule has 18 heavy (non-hydrogen) atoms. The molecule has 0 aliphatic rings. The minimum Gasteiger partial charge on any atom is -0.375 e. The molecule has 2 heterocycles. The summed E-state index contributed by atoms with van der Waals surface area (Å²) in [5.41, 5.74) is 6.50. The summed E-state index contributed by atoms with van der Waals surface area (Å²) < 4.78 is 0. The van der Waals surface area contributed by atoms with Gasteiger partial charge in [0.25, 0.3) is 5.91 Å². The number of hydrogen-bond donors (Lipinski definition) is 2. The summed E-state index contributed by atoms with van der Waals surface area (Å²) in [6.07, 6.45) is 1.49. The molecule has 3 N–H and O–H groups in total. The Balaban J connectivity index is 1.90. The average molecular weight is 282 g/mol. The van der Waals surface area contributed by atoms with E-state index in [1.54, 1.807) is 11.3 Å². The number of anilines is 1. The van der Waals surface area contributed by atoms with Crippen LogP contribution in [0.2, 0.25) is 0 Å². The second-order valence-corrected chi connectivity index (χ2v) is 5.95.